The molecule has 0 aliphatic carbocycles. The highest BCUT2D eigenvalue weighted by atomic mass is 16.6. The summed E-state index contributed by atoms with van der Waals surface area (Å²) in [5.41, 5.74) is 0. The van der Waals surface area contributed by atoms with E-state index in [0.717, 1.165) is 109 Å². The Labute approximate surface area is 406 Å². The molecule has 0 N–H and O–H groups in total. The van der Waals surface area contributed by atoms with E-state index in [2.05, 4.69) is 106 Å². The zero-order chi connectivity index (χ0) is 47.9. The molecule has 66 heavy (non-hydrogen) atoms. The molecule has 0 aromatic rings. The molecule has 374 valence electrons. The van der Waals surface area contributed by atoms with Crippen molar-refractivity contribution < 1.29 is 28.6 Å². The van der Waals surface area contributed by atoms with Crippen molar-refractivity contribution in [1.29, 1.82) is 0 Å². The maximum absolute atomic E-state index is 12.8. The largest absolute Gasteiger partial charge is 0.462 e. The fraction of sp³-hybridized carbons (Fsp3) is 0.650. The van der Waals surface area contributed by atoms with Crippen LogP contribution in [0.15, 0.2) is 109 Å². The highest BCUT2D eigenvalue weighted by Crippen LogP contribution is 2.14. The first-order chi connectivity index (χ1) is 32.5. The van der Waals surface area contributed by atoms with Crippen molar-refractivity contribution in [2.24, 2.45) is 0 Å². The van der Waals surface area contributed by atoms with Crippen molar-refractivity contribution in [1.82, 2.24) is 0 Å². The minimum absolute atomic E-state index is 0.0967. The lowest BCUT2D eigenvalue weighted by Gasteiger charge is -2.18. The van der Waals surface area contributed by atoms with E-state index < -0.39 is 6.10 Å². The molecule has 1 unspecified atom stereocenters. The summed E-state index contributed by atoms with van der Waals surface area (Å²) < 4.78 is 16.8. The molecule has 6 nitrogen and oxygen atoms in total. The van der Waals surface area contributed by atoms with Gasteiger partial charge in [0.25, 0.3) is 0 Å². The van der Waals surface area contributed by atoms with Crippen LogP contribution in [0.3, 0.4) is 0 Å². The third-order valence-electron chi connectivity index (χ3n) is 11.2. The first kappa shape index (κ1) is 62.1. The van der Waals surface area contributed by atoms with Gasteiger partial charge < -0.3 is 14.2 Å². The first-order valence-electron chi connectivity index (χ1n) is 27.0. The predicted octanol–water partition coefficient (Wildman–Crippen LogP) is 17.9. The van der Waals surface area contributed by atoms with Crippen LogP contribution in [-0.2, 0) is 28.6 Å². The molecule has 0 heterocycles. The average molecular weight is 915 g/mol. The first-order valence-corrected chi connectivity index (χ1v) is 27.0. The Kier molecular flexibility index (Phi) is 50.5. The SMILES string of the molecule is CCC\C=C/C=C\C=C/C=C\C=C/CCCCCCCC(=O)OCC(COC(=O)CCCCCCCCCCCCCC)OC(=O)CCCCCCC\C=C/C=C\C=C/C=C\CCCCC. The number of unbranched alkanes of at least 4 members (excludes halogenated alkanes) is 25. The van der Waals surface area contributed by atoms with Crippen LogP contribution in [0.25, 0.3) is 0 Å². The van der Waals surface area contributed by atoms with Gasteiger partial charge in [0.05, 0.1) is 0 Å². The van der Waals surface area contributed by atoms with Gasteiger partial charge in [-0.25, -0.2) is 0 Å². The second-order valence-electron chi connectivity index (χ2n) is 17.7. The standard InChI is InChI=1S/C60H98O6/c1-4-7-10-13-16-19-22-25-27-29-31-33-35-38-41-44-47-50-53-59(62)65-56-57(55-64-58(61)52-49-46-43-40-37-24-21-18-15-12-9-6-3)66-60(63)54-51-48-45-42-39-36-34-32-30-28-26-23-20-17-14-11-8-5-2/h10,13,16-17,19-20,22-23,25-34,57H,4-9,11-12,14-15,18,21,24,35-56H2,1-3H3/b13-10-,19-16-,20-17-,25-22-,26-23-,29-27-,30-28-,33-31-,34-32-. The van der Waals surface area contributed by atoms with Crippen LogP contribution >= 0.6 is 0 Å². The Morgan fingerprint density at radius 2 is 0.576 bits per heavy atom. The van der Waals surface area contributed by atoms with Crippen LogP contribution in [0.1, 0.15) is 233 Å². The van der Waals surface area contributed by atoms with Crippen molar-refractivity contribution >= 4 is 17.9 Å². The van der Waals surface area contributed by atoms with E-state index in [1.165, 1.54) is 83.5 Å². The molecule has 0 radical (unpaired) electrons. The lowest BCUT2D eigenvalue weighted by molar-refractivity contribution is -0.167. The summed E-state index contributed by atoms with van der Waals surface area (Å²) in [6, 6.07) is 0. The summed E-state index contributed by atoms with van der Waals surface area (Å²) in [7, 11) is 0. The fourth-order valence-electron chi connectivity index (χ4n) is 7.13. The number of carbonyl (C=O) groups excluding carboxylic acids is 3. The lowest BCUT2D eigenvalue weighted by Crippen LogP contribution is -2.30. The molecule has 0 saturated carbocycles. The molecule has 0 bridgehead atoms. The van der Waals surface area contributed by atoms with E-state index in [-0.39, 0.29) is 31.1 Å². The third-order valence-corrected chi connectivity index (χ3v) is 11.2. The normalized spacial score (nSPS) is 13.0. The smallest absolute Gasteiger partial charge is 0.306 e. The van der Waals surface area contributed by atoms with E-state index in [4.69, 9.17) is 14.2 Å². The van der Waals surface area contributed by atoms with Gasteiger partial charge in [0.2, 0.25) is 0 Å². The molecule has 0 fully saturated rings. The maximum Gasteiger partial charge on any atom is 0.306 e. The highest BCUT2D eigenvalue weighted by Gasteiger charge is 2.19. The fourth-order valence-corrected chi connectivity index (χ4v) is 7.13. The van der Waals surface area contributed by atoms with Crippen LogP contribution in [-0.4, -0.2) is 37.2 Å². The van der Waals surface area contributed by atoms with Gasteiger partial charge in [-0.3, -0.25) is 14.4 Å². The Morgan fingerprint density at radius 1 is 0.303 bits per heavy atom. The number of carbonyl (C=O) groups is 3. The average Bonchev–Trinajstić information content (AvgIpc) is 3.31. The van der Waals surface area contributed by atoms with Crippen LogP contribution in [0.5, 0.6) is 0 Å². The summed E-state index contributed by atoms with van der Waals surface area (Å²) in [4.78, 5) is 38.1. The summed E-state index contributed by atoms with van der Waals surface area (Å²) in [5.74, 6) is -0.947. The number of allylic oxidation sites excluding steroid dienone is 18. The molecule has 0 aromatic heterocycles. The van der Waals surface area contributed by atoms with Crippen molar-refractivity contribution in [3.63, 3.8) is 0 Å². The molecule has 6 heteroatoms. The van der Waals surface area contributed by atoms with Crippen LogP contribution < -0.4 is 0 Å². The number of rotatable bonds is 47. The van der Waals surface area contributed by atoms with Gasteiger partial charge >= 0.3 is 17.9 Å². The molecule has 0 aliphatic rings. The summed E-state index contributed by atoms with van der Waals surface area (Å²) >= 11 is 0. The van der Waals surface area contributed by atoms with Crippen molar-refractivity contribution in [2.45, 2.75) is 239 Å². The number of ether oxygens (including phenoxy) is 3. The van der Waals surface area contributed by atoms with E-state index in [0.29, 0.717) is 19.3 Å². The zero-order valence-corrected chi connectivity index (χ0v) is 42.7. The second kappa shape index (κ2) is 53.7. The summed E-state index contributed by atoms with van der Waals surface area (Å²) in [6.45, 7) is 6.46. The molecule has 0 amide bonds. The Morgan fingerprint density at radius 3 is 0.939 bits per heavy atom. The van der Waals surface area contributed by atoms with Crippen LogP contribution in [0.2, 0.25) is 0 Å². The van der Waals surface area contributed by atoms with Gasteiger partial charge in [0.1, 0.15) is 13.2 Å². The van der Waals surface area contributed by atoms with Crippen molar-refractivity contribution in [3.8, 4) is 0 Å². The molecule has 0 spiro atoms. The van der Waals surface area contributed by atoms with Crippen molar-refractivity contribution in [3.05, 3.63) is 109 Å². The quantitative estimate of drug-likeness (QED) is 0.0262. The van der Waals surface area contributed by atoms with E-state index >= 15 is 0 Å². The van der Waals surface area contributed by atoms with E-state index in [9.17, 15) is 14.4 Å². The molecule has 0 aliphatic heterocycles. The molecular formula is C60H98O6. The van der Waals surface area contributed by atoms with Crippen LogP contribution in [0.4, 0.5) is 0 Å². The summed E-state index contributed by atoms with van der Waals surface area (Å²) in [6.07, 6.45) is 72.0. The number of hydrogen-bond donors (Lipinski definition) is 0. The molecule has 0 rings (SSSR count). The maximum atomic E-state index is 12.8. The lowest BCUT2D eigenvalue weighted by atomic mass is 10.0. The van der Waals surface area contributed by atoms with Gasteiger partial charge in [0.15, 0.2) is 6.10 Å². The van der Waals surface area contributed by atoms with Gasteiger partial charge in [-0.1, -0.05) is 259 Å². The monoisotopic (exact) mass is 915 g/mol. The Hall–Kier alpha value is -3.93. The van der Waals surface area contributed by atoms with Crippen LogP contribution in [0, 0.1) is 0 Å². The van der Waals surface area contributed by atoms with E-state index in [1.807, 2.05) is 24.3 Å². The Balaban J connectivity index is 4.50. The minimum atomic E-state index is -0.802. The third kappa shape index (κ3) is 51.1. The number of esters is 3. The van der Waals surface area contributed by atoms with Gasteiger partial charge in [0, 0.05) is 19.3 Å². The topological polar surface area (TPSA) is 78.9 Å². The predicted molar refractivity (Wildman–Crippen MR) is 283 cm³/mol. The van der Waals surface area contributed by atoms with Crippen molar-refractivity contribution in [2.75, 3.05) is 13.2 Å². The number of hydrogen-bond acceptors (Lipinski definition) is 6. The summed E-state index contributed by atoms with van der Waals surface area (Å²) in [5, 5.41) is 0. The van der Waals surface area contributed by atoms with Gasteiger partial charge in [-0.05, 0) is 64.2 Å². The van der Waals surface area contributed by atoms with Gasteiger partial charge in [-0.15, -0.1) is 0 Å². The molecule has 0 aromatic carbocycles. The molecule has 0 saturated heterocycles. The highest BCUT2D eigenvalue weighted by molar-refractivity contribution is 5.71. The molecule has 1 atom stereocenters. The Bertz CT molecular complexity index is 1370. The zero-order valence-electron chi connectivity index (χ0n) is 42.7. The molecular weight excluding hydrogens is 817 g/mol. The second-order valence-corrected chi connectivity index (χ2v) is 17.7. The van der Waals surface area contributed by atoms with E-state index in [1.54, 1.807) is 0 Å². The van der Waals surface area contributed by atoms with Gasteiger partial charge in [-0.2, -0.15) is 0 Å². The minimum Gasteiger partial charge on any atom is -0.462 e.